The molecule has 2 N–H and O–H groups in total. The van der Waals surface area contributed by atoms with Gasteiger partial charge < -0.3 is 15.4 Å². The molecule has 0 bridgehead atoms. The van der Waals surface area contributed by atoms with E-state index in [1.54, 1.807) is 7.11 Å². The summed E-state index contributed by atoms with van der Waals surface area (Å²) in [6, 6.07) is 9.28. The third-order valence-electron chi connectivity index (χ3n) is 3.80. The molecule has 1 saturated heterocycles. The van der Waals surface area contributed by atoms with E-state index in [9.17, 15) is 0 Å². The molecular formula is C15H24N2O. The lowest BCUT2D eigenvalue weighted by Gasteiger charge is -2.28. The molecule has 0 aliphatic carbocycles. The van der Waals surface area contributed by atoms with Crippen molar-refractivity contribution in [1.82, 2.24) is 10.6 Å². The Balaban J connectivity index is 2.07. The number of rotatable bonds is 5. The first-order valence-corrected chi connectivity index (χ1v) is 6.88. The molecular weight excluding hydrogens is 224 g/mol. The minimum Gasteiger partial charge on any atom is -0.496 e. The monoisotopic (exact) mass is 248 g/mol. The molecule has 1 aromatic carbocycles. The number of methoxy groups -OCH3 is 1. The number of ether oxygens (including phenoxy) is 1. The van der Waals surface area contributed by atoms with Crippen LogP contribution in [0.25, 0.3) is 0 Å². The first-order valence-electron chi connectivity index (χ1n) is 6.88. The summed E-state index contributed by atoms with van der Waals surface area (Å²) >= 11 is 0. The number of piperidine rings is 1. The van der Waals surface area contributed by atoms with Crippen molar-refractivity contribution < 1.29 is 4.74 Å². The second-order valence-electron chi connectivity index (χ2n) is 4.97. The minimum absolute atomic E-state index is 0.358. The van der Waals surface area contributed by atoms with Crippen LogP contribution in [-0.2, 0) is 0 Å². The summed E-state index contributed by atoms with van der Waals surface area (Å²) in [5.41, 5.74) is 1.26. The zero-order valence-corrected chi connectivity index (χ0v) is 11.4. The Morgan fingerprint density at radius 1 is 1.39 bits per heavy atom. The molecule has 3 heteroatoms. The van der Waals surface area contributed by atoms with Crippen LogP contribution in [0.3, 0.4) is 0 Å². The Labute approximate surface area is 110 Å². The number of hydrogen-bond donors (Lipinski definition) is 2. The molecule has 2 rings (SSSR count). The maximum atomic E-state index is 5.46. The maximum absolute atomic E-state index is 5.46. The third-order valence-corrected chi connectivity index (χ3v) is 3.80. The summed E-state index contributed by atoms with van der Waals surface area (Å²) in [5.74, 6) is 0.979. The van der Waals surface area contributed by atoms with Crippen LogP contribution in [0.2, 0.25) is 0 Å². The average molecular weight is 248 g/mol. The van der Waals surface area contributed by atoms with Crippen LogP contribution in [0.4, 0.5) is 0 Å². The van der Waals surface area contributed by atoms with Crippen LogP contribution in [0.5, 0.6) is 5.75 Å². The number of para-hydroxylation sites is 1. The van der Waals surface area contributed by atoms with E-state index in [-0.39, 0.29) is 0 Å². The van der Waals surface area contributed by atoms with E-state index in [0.29, 0.717) is 12.1 Å². The van der Waals surface area contributed by atoms with E-state index in [2.05, 4.69) is 22.8 Å². The second-order valence-corrected chi connectivity index (χ2v) is 4.97. The highest BCUT2D eigenvalue weighted by Gasteiger charge is 2.20. The molecule has 0 spiro atoms. The van der Waals surface area contributed by atoms with Gasteiger partial charge in [-0.05, 0) is 38.9 Å². The predicted molar refractivity (Wildman–Crippen MR) is 75.1 cm³/mol. The topological polar surface area (TPSA) is 33.3 Å². The molecule has 2 unspecified atom stereocenters. The van der Waals surface area contributed by atoms with Crippen LogP contribution in [0.1, 0.15) is 37.3 Å². The number of hydrogen-bond acceptors (Lipinski definition) is 3. The van der Waals surface area contributed by atoms with Gasteiger partial charge in [0, 0.05) is 17.6 Å². The van der Waals surface area contributed by atoms with E-state index in [1.165, 1.54) is 24.8 Å². The molecule has 100 valence electrons. The van der Waals surface area contributed by atoms with Crippen molar-refractivity contribution in [1.29, 1.82) is 0 Å². The Hall–Kier alpha value is -1.06. The molecule has 0 radical (unpaired) electrons. The molecule has 2 atom stereocenters. The lowest BCUT2D eigenvalue weighted by Crippen LogP contribution is -2.37. The van der Waals surface area contributed by atoms with Gasteiger partial charge in [-0.1, -0.05) is 24.6 Å². The fourth-order valence-corrected chi connectivity index (χ4v) is 2.76. The molecule has 1 aliphatic rings. The average Bonchev–Trinajstić information content (AvgIpc) is 2.46. The Morgan fingerprint density at radius 2 is 2.22 bits per heavy atom. The van der Waals surface area contributed by atoms with E-state index in [0.717, 1.165) is 18.7 Å². The zero-order chi connectivity index (χ0) is 12.8. The second kappa shape index (κ2) is 6.76. The van der Waals surface area contributed by atoms with Crippen molar-refractivity contribution in [3.8, 4) is 5.75 Å². The Morgan fingerprint density at radius 3 is 2.89 bits per heavy atom. The molecule has 1 heterocycles. The van der Waals surface area contributed by atoms with E-state index in [4.69, 9.17) is 4.74 Å². The third kappa shape index (κ3) is 3.24. The van der Waals surface area contributed by atoms with E-state index < -0.39 is 0 Å². The summed E-state index contributed by atoms with van der Waals surface area (Å²) in [6.07, 6.45) is 5.07. The lowest BCUT2D eigenvalue weighted by molar-refractivity contribution is 0.339. The lowest BCUT2D eigenvalue weighted by atomic mass is 9.94. The normalized spacial score (nSPS) is 21.6. The SMILES string of the molecule is CNC(CC1CCCCN1)c1ccccc1OC. The summed E-state index contributed by atoms with van der Waals surface area (Å²) in [7, 11) is 3.77. The van der Waals surface area contributed by atoms with Crippen LogP contribution in [0.15, 0.2) is 24.3 Å². The van der Waals surface area contributed by atoms with Gasteiger partial charge in [-0.3, -0.25) is 0 Å². The largest absolute Gasteiger partial charge is 0.496 e. The first-order chi connectivity index (χ1) is 8.85. The summed E-state index contributed by atoms with van der Waals surface area (Å²) in [6.45, 7) is 1.16. The molecule has 3 nitrogen and oxygen atoms in total. The van der Waals surface area contributed by atoms with Gasteiger partial charge in [0.15, 0.2) is 0 Å². The van der Waals surface area contributed by atoms with Gasteiger partial charge in [-0.2, -0.15) is 0 Å². The fraction of sp³-hybridized carbons (Fsp3) is 0.600. The predicted octanol–water partition coefficient (Wildman–Crippen LogP) is 2.49. The summed E-state index contributed by atoms with van der Waals surface area (Å²) in [5, 5.41) is 7.03. The van der Waals surface area contributed by atoms with E-state index in [1.807, 2.05) is 19.2 Å². The smallest absolute Gasteiger partial charge is 0.123 e. The molecule has 1 aliphatic heterocycles. The molecule has 0 aromatic heterocycles. The molecule has 0 amide bonds. The van der Waals surface area contributed by atoms with Crippen LogP contribution in [0, 0.1) is 0 Å². The van der Waals surface area contributed by atoms with Crippen molar-refractivity contribution in [2.45, 2.75) is 37.8 Å². The van der Waals surface area contributed by atoms with Gasteiger partial charge in [0.2, 0.25) is 0 Å². The zero-order valence-electron chi connectivity index (χ0n) is 11.4. The van der Waals surface area contributed by atoms with Crippen LogP contribution < -0.4 is 15.4 Å². The van der Waals surface area contributed by atoms with Gasteiger partial charge >= 0.3 is 0 Å². The summed E-state index contributed by atoms with van der Waals surface area (Å²) < 4.78 is 5.46. The highest BCUT2D eigenvalue weighted by atomic mass is 16.5. The molecule has 0 saturated carbocycles. The van der Waals surface area contributed by atoms with Gasteiger partial charge in [-0.15, -0.1) is 0 Å². The summed E-state index contributed by atoms with van der Waals surface area (Å²) in [4.78, 5) is 0. The fourth-order valence-electron chi connectivity index (χ4n) is 2.76. The maximum Gasteiger partial charge on any atom is 0.123 e. The standard InChI is InChI=1S/C15H24N2O/c1-16-14(11-12-7-5-6-10-17-12)13-8-3-4-9-15(13)18-2/h3-4,8-9,12,14,16-17H,5-7,10-11H2,1-2H3. The van der Waals surface area contributed by atoms with Crippen molar-refractivity contribution in [2.24, 2.45) is 0 Å². The molecule has 1 aromatic rings. The quantitative estimate of drug-likeness (QED) is 0.840. The number of benzene rings is 1. The number of nitrogens with one attached hydrogen (secondary N) is 2. The van der Waals surface area contributed by atoms with Gasteiger partial charge in [-0.25, -0.2) is 0 Å². The van der Waals surface area contributed by atoms with Crippen LogP contribution >= 0.6 is 0 Å². The van der Waals surface area contributed by atoms with Gasteiger partial charge in [0.1, 0.15) is 5.75 Å². The highest BCUT2D eigenvalue weighted by molar-refractivity contribution is 5.35. The Kier molecular flexibility index (Phi) is 5.02. The van der Waals surface area contributed by atoms with Crippen molar-refractivity contribution >= 4 is 0 Å². The van der Waals surface area contributed by atoms with Crippen molar-refractivity contribution in [2.75, 3.05) is 20.7 Å². The highest BCUT2D eigenvalue weighted by Crippen LogP contribution is 2.28. The van der Waals surface area contributed by atoms with E-state index >= 15 is 0 Å². The van der Waals surface area contributed by atoms with Crippen molar-refractivity contribution in [3.63, 3.8) is 0 Å². The molecule has 1 fully saturated rings. The minimum atomic E-state index is 0.358. The van der Waals surface area contributed by atoms with Gasteiger partial charge in [0.25, 0.3) is 0 Å². The first kappa shape index (κ1) is 13.4. The Bertz CT molecular complexity index is 361. The van der Waals surface area contributed by atoms with Crippen molar-refractivity contribution in [3.05, 3.63) is 29.8 Å². The molecule has 18 heavy (non-hydrogen) atoms. The van der Waals surface area contributed by atoms with Gasteiger partial charge in [0.05, 0.1) is 7.11 Å². The van der Waals surface area contributed by atoms with Crippen LogP contribution in [-0.4, -0.2) is 26.7 Å².